The van der Waals surface area contributed by atoms with Crippen LogP contribution in [0.5, 0.6) is 0 Å². The molecule has 0 aliphatic heterocycles. The van der Waals surface area contributed by atoms with E-state index in [2.05, 4.69) is 5.32 Å². The number of para-hydroxylation sites is 1. The number of hydrogen-bond donors (Lipinski definition) is 1. The quantitative estimate of drug-likeness (QED) is 0.727. The third-order valence-electron chi connectivity index (χ3n) is 4.22. The molecule has 0 aliphatic rings. The first kappa shape index (κ1) is 21.5. The highest BCUT2D eigenvalue weighted by Crippen LogP contribution is 2.32. The van der Waals surface area contributed by atoms with Crippen molar-refractivity contribution >= 4 is 50.5 Å². The van der Waals surface area contributed by atoms with Crippen molar-refractivity contribution < 1.29 is 13.2 Å². The largest absolute Gasteiger partial charge is 0.324 e. The molecule has 0 heterocycles. The Kier molecular flexibility index (Phi) is 6.78. The highest BCUT2D eigenvalue weighted by atomic mass is 35.5. The van der Waals surface area contributed by atoms with Crippen molar-refractivity contribution in [1.29, 1.82) is 0 Å². The summed E-state index contributed by atoms with van der Waals surface area (Å²) in [5.74, 6) is -0.458. The van der Waals surface area contributed by atoms with Crippen molar-refractivity contribution in [2.24, 2.45) is 0 Å². The van der Waals surface area contributed by atoms with Gasteiger partial charge in [-0.15, -0.1) is 0 Å². The third kappa shape index (κ3) is 4.94. The van der Waals surface area contributed by atoms with E-state index in [1.807, 2.05) is 32.0 Å². The van der Waals surface area contributed by atoms with Gasteiger partial charge in [0.05, 0.1) is 17.0 Å². The first-order valence-electron chi connectivity index (χ1n) is 8.40. The second-order valence-electron chi connectivity index (χ2n) is 6.28. The Hall–Kier alpha value is -1.76. The summed E-state index contributed by atoms with van der Waals surface area (Å²) in [6.07, 6.45) is 1.76. The minimum atomic E-state index is -3.79. The fraction of sp³-hybridized carbons (Fsp3) is 0.316. The van der Waals surface area contributed by atoms with E-state index in [1.54, 1.807) is 6.07 Å². The molecule has 0 bridgehead atoms. The standard InChI is InChI=1S/C19H22Cl2N2O3S/c1-5-14-8-6-7-12(2)18(14)22-19(24)13(3)23(27(4,25)26)17-11-15(20)9-10-16(17)21/h6-11,13H,5H2,1-4H3,(H,22,24)/t13-/m0/s1. The van der Waals surface area contributed by atoms with Gasteiger partial charge >= 0.3 is 0 Å². The third-order valence-corrected chi connectivity index (χ3v) is 6.00. The molecule has 146 valence electrons. The number of aryl methyl sites for hydroxylation is 2. The summed E-state index contributed by atoms with van der Waals surface area (Å²) in [6.45, 7) is 5.39. The second kappa shape index (κ2) is 8.50. The lowest BCUT2D eigenvalue weighted by molar-refractivity contribution is -0.116. The summed E-state index contributed by atoms with van der Waals surface area (Å²) in [5, 5.41) is 3.38. The van der Waals surface area contributed by atoms with Gasteiger partial charge in [-0.3, -0.25) is 9.10 Å². The zero-order chi connectivity index (χ0) is 20.4. The first-order chi connectivity index (χ1) is 12.6. The highest BCUT2D eigenvalue weighted by Gasteiger charge is 2.31. The van der Waals surface area contributed by atoms with Crippen molar-refractivity contribution in [3.8, 4) is 0 Å². The van der Waals surface area contributed by atoms with E-state index in [0.717, 1.165) is 28.1 Å². The fourth-order valence-electron chi connectivity index (χ4n) is 2.87. The van der Waals surface area contributed by atoms with Gasteiger partial charge in [-0.05, 0) is 49.6 Å². The zero-order valence-corrected chi connectivity index (χ0v) is 17.9. The average molecular weight is 429 g/mol. The Balaban J connectivity index is 2.44. The summed E-state index contributed by atoms with van der Waals surface area (Å²) >= 11 is 12.2. The Morgan fingerprint density at radius 1 is 1.22 bits per heavy atom. The SMILES string of the molecule is CCc1cccc(C)c1NC(=O)[C@H](C)N(c1cc(Cl)ccc1Cl)S(C)(=O)=O. The van der Waals surface area contributed by atoms with E-state index in [4.69, 9.17) is 23.2 Å². The summed E-state index contributed by atoms with van der Waals surface area (Å²) in [5.41, 5.74) is 2.74. The van der Waals surface area contributed by atoms with Gasteiger partial charge in [-0.25, -0.2) is 8.42 Å². The Morgan fingerprint density at radius 2 is 1.89 bits per heavy atom. The highest BCUT2D eigenvalue weighted by molar-refractivity contribution is 7.92. The molecule has 2 rings (SSSR count). The van der Waals surface area contributed by atoms with Crippen LogP contribution in [-0.4, -0.2) is 26.6 Å². The number of carbonyl (C=O) groups is 1. The minimum Gasteiger partial charge on any atom is -0.324 e. The van der Waals surface area contributed by atoms with E-state index in [0.29, 0.717) is 10.7 Å². The fourth-order valence-corrected chi connectivity index (χ4v) is 4.47. The maximum Gasteiger partial charge on any atom is 0.248 e. The number of halogens is 2. The monoisotopic (exact) mass is 428 g/mol. The van der Waals surface area contributed by atoms with Crippen LogP contribution in [0.25, 0.3) is 0 Å². The Labute approximate surface area is 170 Å². The number of nitrogens with one attached hydrogen (secondary N) is 1. The molecular formula is C19H22Cl2N2O3S. The number of nitrogens with zero attached hydrogens (tertiary/aromatic N) is 1. The van der Waals surface area contributed by atoms with Gasteiger partial charge < -0.3 is 5.32 Å². The topological polar surface area (TPSA) is 66.5 Å². The van der Waals surface area contributed by atoms with Gasteiger partial charge in [-0.1, -0.05) is 48.3 Å². The lowest BCUT2D eigenvalue weighted by atomic mass is 10.1. The minimum absolute atomic E-state index is 0.162. The van der Waals surface area contributed by atoms with Crippen LogP contribution in [-0.2, 0) is 21.2 Å². The van der Waals surface area contributed by atoms with Crippen molar-refractivity contribution in [3.63, 3.8) is 0 Å². The molecule has 5 nitrogen and oxygen atoms in total. The van der Waals surface area contributed by atoms with Crippen molar-refractivity contribution in [1.82, 2.24) is 0 Å². The van der Waals surface area contributed by atoms with Crippen LogP contribution in [0, 0.1) is 6.92 Å². The van der Waals surface area contributed by atoms with Crippen LogP contribution < -0.4 is 9.62 Å². The second-order valence-corrected chi connectivity index (χ2v) is 8.99. The molecule has 8 heteroatoms. The van der Waals surface area contributed by atoms with Crippen LogP contribution in [0.3, 0.4) is 0 Å². The zero-order valence-electron chi connectivity index (χ0n) is 15.6. The lowest BCUT2D eigenvalue weighted by Crippen LogP contribution is -2.45. The molecule has 0 radical (unpaired) electrons. The van der Waals surface area contributed by atoms with Crippen LogP contribution in [0.2, 0.25) is 10.0 Å². The number of sulfonamides is 1. The summed E-state index contributed by atoms with van der Waals surface area (Å²) in [4.78, 5) is 12.9. The van der Waals surface area contributed by atoms with Crippen LogP contribution in [0.1, 0.15) is 25.0 Å². The molecule has 0 fully saturated rings. The van der Waals surface area contributed by atoms with Gasteiger partial charge in [0.25, 0.3) is 0 Å². The van der Waals surface area contributed by atoms with Gasteiger partial charge in [0, 0.05) is 10.7 Å². The van der Waals surface area contributed by atoms with E-state index < -0.39 is 22.0 Å². The lowest BCUT2D eigenvalue weighted by Gasteiger charge is -2.29. The van der Waals surface area contributed by atoms with Crippen LogP contribution in [0.4, 0.5) is 11.4 Å². The molecule has 0 aromatic heterocycles. The number of benzene rings is 2. The molecule has 27 heavy (non-hydrogen) atoms. The van der Waals surface area contributed by atoms with Crippen LogP contribution >= 0.6 is 23.2 Å². The maximum atomic E-state index is 12.9. The van der Waals surface area contributed by atoms with Crippen molar-refractivity contribution in [2.45, 2.75) is 33.2 Å². The Bertz CT molecular complexity index is 961. The molecule has 1 amide bonds. The Morgan fingerprint density at radius 3 is 2.48 bits per heavy atom. The maximum absolute atomic E-state index is 12.9. The van der Waals surface area contributed by atoms with Gasteiger partial charge in [0.1, 0.15) is 6.04 Å². The van der Waals surface area contributed by atoms with Crippen molar-refractivity contribution in [2.75, 3.05) is 15.9 Å². The van der Waals surface area contributed by atoms with E-state index in [9.17, 15) is 13.2 Å². The van der Waals surface area contributed by atoms with Gasteiger partial charge in [0.2, 0.25) is 15.9 Å². The molecule has 1 atom stereocenters. The van der Waals surface area contributed by atoms with Gasteiger partial charge in [0.15, 0.2) is 0 Å². The summed E-state index contributed by atoms with van der Waals surface area (Å²) in [7, 11) is -3.79. The first-order valence-corrected chi connectivity index (χ1v) is 11.0. The molecule has 0 saturated heterocycles. The normalized spacial score (nSPS) is 12.5. The van der Waals surface area contributed by atoms with E-state index in [1.165, 1.54) is 19.1 Å². The summed E-state index contributed by atoms with van der Waals surface area (Å²) < 4.78 is 25.8. The molecule has 0 spiro atoms. The molecular weight excluding hydrogens is 407 g/mol. The summed E-state index contributed by atoms with van der Waals surface area (Å²) in [6, 6.07) is 9.19. The van der Waals surface area contributed by atoms with E-state index in [-0.39, 0.29) is 10.7 Å². The molecule has 2 aromatic carbocycles. The molecule has 1 N–H and O–H groups in total. The predicted octanol–water partition coefficient (Wildman–Crippen LogP) is 4.66. The average Bonchev–Trinajstić information content (AvgIpc) is 2.58. The number of rotatable bonds is 6. The van der Waals surface area contributed by atoms with Crippen LogP contribution in [0.15, 0.2) is 36.4 Å². The molecule has 2 aromatic rings. The number of hydrogen-bond acceptors (Lipinski definition) is 3. The number of anilines is 2. The predicted molar refractivity (Wildman–Crippen MR) is 112 cm³/mol. The van der Waals surface area contributed by atoms with Gasteiger partial charge in [-0.2, -0.15) is 0 Å². The van der Waals surface area contributed by atoms with E-state index >= 15 is 0 Å². The van der Waals surface area contributed by atoms with Crippen molar-refractivity contribution in [3.05, 3.63) is 57.6 Å². The molecule has 0 unspecified atom stereocenters. The number of carbonyl (C=O) groups excluding carboxylic acids is 1. The molecule has 0 saturated carbocycles. The smallest absolute Gasteiger partial charge is 0.248 e. The number of amides is 1. The molecule has 0 aliphatic carbocycles.